The second-order valence-corrected chi connectivity index (χ2v) is 5.79. The van der Waals surface area contributed by atoms with Crippen molar-refractivity contribution in [3.8, 4) is 0 Å². The molecule has 4 heteroatoms. The molecule has 0 bridgehead atoms. The third-order valence-corrected chi connectivity index (χ3v) is 4.34. The summed E-state index contributed by atoms with van der Waals surface area (Å²) >= 11 is 0. The van der Waals surface area contributed by atoms with Crippen LogP contribution in [-0.2, 0) is 0 Å². The molecule has 1 aliphatic carbocycles. The Morgan fingerprint density at radius 2 is 2.05 bits per heavy atom. The molecule has 2 aliphatic rings. The lowest BCUT2D eigenvalue weighted by atomic mass is 10.0. The van der Waals surface area contributed by atoms with E-state index < -0.39 is 0 Å². The van der Waals surface area contributed by atoms with Crippen LogP contribution < -0.4 is 10.6 Å². The zero-order chi connectivity index (χ0) is 13.1. The average Bonchev–Trinajstić information content (AvgIpc) is 2.99. The van der Waals surface area contributed by atoms with Crippen molar-refractivity contribution in [3.05, 3.63) is 41.5 Å². The van der Waals surface area contributed by atoms with E-state index in [0.29, 0.717) is 6.04 Å². The Morgan fingerprint density at radius 3 is 2.67 bits per heavy atom. The quantitative estimate of drug-likeness (QED) is 0.861. The summed E-state index contributed by atoms with van der Waals surface area (Å²) in [4.78, 5) is 0. The molecule has 1 saturated carbocycles. The van der Waals surface area contributed by atoms with E-state index in [0.717, 1.165) is 18.5 Å². The van der Waals surface area contributed by atoms with Crippen molar-refractivity contribution >= 4 is 30.9 Å². The molecule has 2 N–H and O–H groups in total. The van der Waals surface area contributed by atoms with Crippen molar-refractivity contribution in [1.82, 2.24) is 10.6 Å². The van der Waals surface area contributed by atoms with Crippen molar-refractivity contribution in [2.24, 2.45) is 5.92 Å². The van der Waals surface area contributed by atoms with E-state index in [9.17, 15) is 0 Å². The van der Waals surface area contributed by atoms with Gasteiger partial charge in [-0.25, -0.2) is 0 Å². The van der Waals surface area contributed by atoms with Crippen molar-refractivity contribution < 1.29 is 0 Å². The molecule has 1 saturated heterocycles. The molecule has 0 amide bonds. The summed E-state index contributed by atoms with van der Waals surface area (Å²) < 4.78 is 0. The molecule has 0 spiro atoms. The number of hydrogen-bond acceptors (Lipinski definition) is 2. The zero-order valence-corrected chi connectivity index (χ0v) is 14.2. The van der Waals surface area contributed by atoms with Gasteiger partial charge in [-0.3, -0.25) is 0 Å². The lowest BCUT2D eigenvalue weighted by Crippen LogP contribution is -2.33. The maximum atomic E-state index is 3.80. The molecule has 3 rings (SSSR count). The van der Waals surface area contributed by atoms with Crippen LogP contribution in [0.15, 0.2) is 35.9 Å². The smallest absolute Gasteiger partial charge is 0.0207 e. The normalized spacial score (nSPS) is 27.7. The van der Waals surface area contributed by atoms with Gasteiger partial charge in [0.25, 0.3) is 0 Å². The summed E-state index contributed by atoms with van der Waals surface area (Å²) in [5.41, 5.74) is 2.95. The van der Waals surface area contributed by atoms with Crippen LogP contribution in [0.2, 0.25) is 0 Å². The van der Waals surface area contributed by atoms with Crippen molar-refractivity contribution in [2.45, 2.75) is 38.3 Å². The fourth-order valence-corrected chi connectivity index (χ4v) is 3.12. The van der Waals surface area contributed by atoms with Crippen LogP contribution in [0.1, 0.15) is 31.7 Å². The lowest BCUT2D eigenvalue weighted by Gasteiger charge is -2.11. The van der Waals surface area contributed by atoms with Gasteiger partial charge in [-0.1, -0.05) is 48.9 Å². The minimum absolute atomic E-state index is 0. The lowest BCUT2D eigenvalue weighted by molar-refractivity contribution is 0.530. The van der Waals surface area contributed by atoms with Gasteiger partial charge in [-0.05, 0) is 37.3 Å². The van der Waals surface area contributed by atoms with Crippen LogP contribution in [0.5, 0.6) is 0 Å². The number of benzene rings is 1. The van der Waals surface area contributed by atoms with E-state index in [1.54, 1.807) is 5.57 Å². The van der Waals surface area contributed by atoms with Crippen LogP contribution in [-0.4, -0.2) is 25.2 Å². The van der Waals surface area contributed by atoms with Gasteiger partial charge in [0.15, 0.2) is 0 Å². The van der Waals surface area contributed by atoms with E-state index >= 15 is 0 Å². The van der Waals surface area contributed by atoms with Gasteiger partial charge in [0.2, 0.25) is 0 Å². The highest BCUT2D eigenvalue weighted by Gasteiger charge is 2.40. The molecule has 2 fully saturated rings. The van der Waals surface area contributed by atoms with E-state index in [-0.39, 0.29) is 24.8 Å². The molecule has 1 heterocycles. The summed E-state index contributed by atoms with van der Waals surface area (Å²) in [6.45, 7) is 4.60. The molecule has 3 atom stereocenters. The van der Waals surface area contributed by atoms with Gasteiger partial charge in [0, 0.05) is 18.6 Å². The third kappa shape index (κ3) is 5.00. The molecule has 0 radical (unpaired) electrons. The summed E-state index contributed by atoms with van der Waals surface area (Å²) in [5.74, 6) is 0.769. The Kier molecular flexibility index (Phi) is 7.75. The van der Waals surface area contributed by atoms with E-state index in [1.807, 2.05) is 0 Å². The van der Waals surface area contributed by atoms with E-state index in [4.69, 9.17) is 0 Å². The highest BCUT2D eigenvalue weighted by atomic mass is 35.5. The molecule has 1 aliphatic heterocycles. The molecular weight excluding hydrogens is 303 g/mol. The molecule has 2 nitrogen and oxygen atoms in total. The van der Waals surface area contributed by atoms with Gasteiger partial charge in [0.05, 0.1) is 0 Å². The van der Waals surface area contributed by atoms with Crippen molar-refractivity contribution in [3.63, 3.8) is 0 Å². The molecule has 1 aromatic carbocycles. The maximum absolute atomic E-state index is 3.80. The fourth-order valence-electron chi connectivity index (χ4n) is 3.12. The van der Waals surface area contributed by atoms with E-state index in [1.165, 1.54) is 31.4 Å². The first-order valence-corrected chi connectivity index (χ1v) is 7.59. The SMILES string of the molecule is CC/C(=C\c1ccccc1)C1CC1NC1CCNC1.Cl.Cl. The predicted octanol–water partition coefficient (Wildman–Crippen LogP) is 3.66. The van der Waals surface area contributed by atoms with Crippen molar-refractivity contribution in [1.29, 1.82) is 0 Å². The Hall–Kier alpha value is -0.540. The minimum Gasteiger partial charge on any atom is -0.315 e. The molecule has 0 aromatic heterocycles. The van der Waals surface area contributed by atoms with Gasteiger partial charge < -0.3 is 10.6 Å². The van der Waals surface area contributed by atoms with E-state index in [2.05, 4.69) is 54.0 Å². The molecule has 1 aromatic rings. The summed E-state index contributed by atoms with van der Waals surface area (Å²) in [7, 11) is 0. The van der Waals surface area contributed by atoms with Crippen LogP contribution in [0.3, 0.4) is 0 Å². The van der Waals surface area contributed by atoms with Gasteiger partial charge >= 0.3 is 0 Å². The Morgan fingerprint density at radius 1 is 1.29 bits per heavy atom. The second-order valence-electron chi connectivity index (χ2n) is 5.79. The van der Waals surface area contributed by atoms with Crippen molar-refractivity contribution in [2.75, 3.05) is 13.1 Å². The first-order valence-electron chi connectivity index (χ1n) is 7.59. The summed E-state index contributed by atoms with van der Waals surface area (Å²) in [5, 5.41) is 7.23. The fraction of sp³-hybridized carbons (Fsp3) is 0.529. The number of nitrogens with one attached hydrogen (secondary N) is 2. The summed E-state index contributed by atoms with van der Waals surface area (Å²) in [6.07, 6.45) is 6.16. The maximum Gasteiger partial charge on any atom is 0.0207 e. The first-order chi connectivity index (χ1) is 9.36. The molecule has 118 valence electrons. The van der Waals surface area contributed by atoms with Gasteiger partial charge in [0.1, 0.15) is 0 Å². The number of halogens is 2. The van der Waals surface area contributed by atoms with Gasteiger partial charge in [-0.2, -0.15) is 0 Å². The van der Waals surface area contributed by atoms with Crippen LogP contribution >= 0.6 is 24.8 Å². The number of hydrogen-bond donors (Lipinski definition) is 2. The molecule has 3 unspecified atom stereocenters. The molecular formula is C17H26Cl2N2. The Labute approximate surface area is 140 Å². The molecule has 21 heavy (non-hydrogen) atoms. The topological polar surface area (TPSA) is 24.1 Å². The van der Waals surface area contributed by atoms with Crippen LogP contribution in [0.4, 0.5) is 0 Å². The van der Waals surface area contributed by atoms with Crippen LogP contribution in [0, 0.1) is 5.92 Å². The number of rotatable bonds is 5. The zero-order valence-electron chi connectivity index (χ0n) is 12.5. The largest absolute Gasteiger partial charge is 0.315 e. The highest BCUT2D eigenvalue weighted by molar-refractivity contribution is 5.85. The Balaban J connectivity index is 0.00000110. The van der Waals surface area contributed by atoms with Gasteiger partial charge in [-0.15, -0.1) is 24.8 Å². The third-order valence-electron chi connectivity index (χ3n) is 4.34. The average molecular weight is 329 g/mol. The minimum atomic E-state index is 0. The standard InChI is InChI=1S/C17H24N2.2ClH/c1-2-14(10-13-6-4-3-5-7-13)16-11-17(16)19-15-8-9-18-12-15;;/h3-7,10,15-19H,2,8-9,11-12H2,1H3;2*1H/b14-10+;;. The summed E-state index contributed by atoms with van der Waals surface area (Å²) in [6, 6.07) is 12.1. The predicted molar refractivity (Wildman–Crippen MR) is 95.5 cm³/mol. The second kappa shape index (κ2) is 8.79. The Bertz CT molecular complexity index is 441. The monoisotopic (exact) mass is 328 g/mol. The highest BCUT2D eigenvalue weighted by Crippen LogP contribution is 2.40. The van der Waals surface area contributed by atoms with Crippen LogP contribution in [0.25, 0.3) is 6.08 Å². The first kappa shape index (κ1) is 18.5.